The lowest BCUT2D eigenvalue weighted by Crippen LogP contribution is -2.40. The molecule has 0 aromatic carbocycles. The molecule has 1 aromatic rings. The molecule has 18 heavy (non-hydrogen) atoms. The van der Waals surface area contributed by atoms with Gasteiger partial charge < -0.3 is 10.4 Å². The maximum absolute atomic E-state index is 12.0. The van der Waals surface area contributed by atoms with E-state index in [9.17, 15) is 18.0 Å². The van der Waals surface area contributed by atoms with Crippen molar-refractivity contribution in [2.24, 2.45) is 0 Å². The summed E-state index contributed by atoms with van der Waals surface area (Å²) in [6.07, 6.45) is -7.31. The normalized spacial score (nSPS) is 13.2. The van der Waals surface area contributed by atoms with Gasteiger partial charge in [-0.2, -0.15) is 13.2 Å². The summed E-state index contributed by atoms with van der Waals surface area (Å²) in [7, 11) is 0. The van der Waals surface area contributed by atoms with Crippen molar-refractivity contribution in [2.45, 2.75) is 26.1 Å². The third kappa shape index (κ3) is 3.69. The highest BCUT2D eigenvalue weighted by atomic mass is 19.4. The van der Waals surface area contributed by atoms with Crippen molar-refractivity contribution in [3.8, 4) is 0 Å². The minimum atomic E-state index is -4.74. The zero-order valence-electron chi connectivity index (χ0n) is 9.88. The summed E-state index contributed by atoms with van der Waals surface area (Å²) < 4.78 is 36.1. The monoisotopic (exact) mass is 262 g/mol. The Balaban J connectivity index is 2.66. The number of aryl methyl sites for hydroxylation is 2. The SMILES string of the molecule is Cc1ccc(C(=O)NCC(O)C(F)(F)F)c(C)n1. The smallest absolute Gasteiger partial charge is 0.382 e. The van der Waals surface area contributed by atoms with Gasteiger partial charge in [-0.15, -0.1) is 0 Å². The molecule has 0 bridgehead atoms. The number of alkyl halides is 3. The highest BCUT2D eigenvalue weighted by molar-refractivity contribution is 5.95. The van der Waals surface area contributed by atoms with E-state index in [4.69, 9.17) is 5.11 Å². The van der Waals surface area contributed by atoms with E-state index >= 15 is 0 Å². The Kier molecular flexibility index (Phi) is 4.28. The van der Waals surface area contributed by atoms with Gasteiger partial charge in [-0.05, 0) is 26.0 Å². The van der Waals surface area contributed by atoms with Crippen molar-refractivity contribution >= 4 is 5.91 Å². The van der Waals surface area contributed by atoms with Crippen LogP contribution in [-0.4, -0.2) is 34.8 Å². The number of hydrogen-bond acceptors (Lipinski definition) is 3. The van der Waals surface area contributed by atoms with Crippen molar-refractivity contribution in [2.75, 3.05) is 6.54 Å². The van der Waals surface area contributed by atoms with Crippen LogP contribution < -0.4 is 5.32 Å². The first kappa shape index (κ1) is 14.4. The Hall–Kier alpha value is -1.63. The van der Waals surface area contributed by atoms with E-state index in [1.54, 1.807) is 19.9 Å². The molecule has 0 saturated carbocycles. The molecule has 1 unspecified atom stereocenters. The Morgan fingerprint density at radius 3 is 2.56 bits per heavy atom. The summed E-state index contributed by atoms with van der Waals surface area (Å²) in [5, 5.41) is 10.8. The minimum absolute atomic E-state index is 0.190. The number of carbonyl (C=O) groups excluding carboxylic acids is 1. The van der Waals surface area contributed by atoms with Gasteiger partial charge in [-0.25, -0.2) is 0 Å². The van der Waals surface area contributed by atoms with Gasteiger partial charge in [0, 0.05) is 5.69 Å². The van der Waals surface area contributed by atoms with Crippen molar-refractivity contribution < 1.29 is 23.1 Å². The van der Waals surface area contributed by atoms with Crippen LogP contribution in [0.15, 0.2) is 12.1 Å². The highest BCUT2D eigenvalue weighted by Crippen LogP contribution is 2.19. The molecular weight excluding hydrogens is 249 g/mol. The summed E-state index contributed by atoms with van der Waals surface area (Å²) >= 11 is 0. The fourth-order valence-corrected chi connectivity index (χ4v) is 1.33. The van der Waals surface area contributed by atoms with Crippen molar-refractivity contribution in [3.63, 3.8) is 0 Å². The summed E-state index contributed by atoms with van der Waals surface area (Å²) in [6.45, 7) is 2.44. The first-order valence-electron chi connectivity index (χ1n) is 5.19. The van der Waals surface area contributed by atoms with Gasteiger partial charge in [-0.1, -0.05) is 0 Å². The van der Waals surface area contributed by atoms with E-state index in [2.05, 4.69) is 4.98 Å². The van der Waals surface area contributed by atoms with Crippen LogP contribution >= 0.6 is 0 Å². The topological polar surface area (TPSA) is 62.2 Å². The largest absolute Gasteiger partial charge is 0.416 e. The molecule has 0 spiro atoms. The average molecular weight is 262 g/mol. The minimum Gasteiger partial charge on any atom is -0.382 e. The maximum Gasteiger partial charge on any atom is 0.416 e. The second-order valence-corrected chi connectivity index (χ2v) is 3.85. The van der Waals surface area contributed by atoms with Crippen LogP contribution in [0.5, 0.6) is 0 Å². The van der Waals surface area contributed by atoms with Crippen LogP contribution in [0.4, 0.5) is 13.2 Å². The Labute approximate surface area is 102 Å². The molecule has 0 aliphatic carbocycles. The lowest BCUT2D eigenvalue weighted by Gasteiger charge is -2.15. The maximum atomic E-state index is 12.0. The van der Waals surface area contributed by atoms with E-state index in [1.165, 1.54) is 6.07 Å². The van der Waals surface area contributed by atoms with Crippen LogP contribution in [0.3, 0.4) is 0 Å². The van der Waals surface area contributed by atoms with Gasteiger partial charge >= 0.3 is 6.18 Å². The molecule has 7 heteroatoms. The Bertz CT molecular complexity index is 446. The van der Waals surface area contributed by atoms with Crippen molar-refractivity contribution in [1.82, 2.24) is 10.3 Å². The number of nitrogens with zero attached hydrogens (tertiary/aromatic N) is 1. The summed E-state index contributed by atoms with van der Waals surface area (Å²) in [5.41, 5.74) is 1.32. The number of hydrogen-bond donors (Lipinski definition) is 2. The number of carbonyl (C=O) groups is 1. The Morgan fingerprint density at radius 2 is 2.06 bits per heavy atom. The average Bonchev–Trinajstić information content (AvgIpc) is 2.24. The van der Waals surface area contributed by atoms with Gasteiger partial charge in [0.25, 0.3) is 5.91 Å². The van der Waals surface area contributed by atoms with Crippen LogP contribution in [0.2, 0.25) is 0 Å². The Morgan fingerprint density at radius 1 is 1.44 bits per heavy atom. The van der Waals surface area contributed by atoms with Gasteiger partial charge in [0.05, 0.1) is 17.8 Å². The van der Waals surface area contributed by atoms with Crippen molar-refractivity contribution in [1.29, 1.82) is 0 Å². The predicted octanol–water partition coefficient (Wildman–Crippen LogP) is 1.35. The van der Waals surface area contributed by atoms with E-state index in [0.29, 0.717) is 11.4 Å². The summed E-state index contributed by atoms with van der Waals surface area (Å²) in [4.78, 5) is 15.6. The van der Waals surface area contributed by atoms with Crippen LogP contribution in [-0.2, 0) is 0 Å². The number of halogens is 3. The van der Waals surface area contributed by atoms with E-state index in [0.717, 1.165) is 0 Å². The number of aromatic nitrogens is 1. The van der Waals surface area contributed by atoms with Gasteiger partial charge in [-0.3, -0.25) is 9.78 Å². The zero-order valence-corrected chi connectivity index (χ0v) is 9.88. The van der Waals surface area contributed by atoms with Crippen molar-refractivity contribution in [3.05, 3.63) is 29.1 Å². The fraction of sp³-hybridized carbons (Fsp3) is 0.455. The van der Waals surface area contributed by atoms with E-state index in [-0.39, 0.29) is 5.56 Å². The molecule has 0 fully saturated rings. The third-order valence-electron chi connectivity index (χ3n) is 2.30. The molecule has 1 aromatic heterocycles. The number of pyridine rings is 1. The summed E-state index contributed by atoms with van der Waals surface area (Å²) in [6, 6.07) is 3.06. The molecular formula is C11H13F3N2O2. The quantitative estimate of drug-likeness (QED) is 0.864. The third-order valence-corrected chi connectivity index (χ3v) is 2.30. The molecule has 0 aliphatic rings. The van der Waals surface area contributed by atoms with Crippen LogP contribution in [0, 0.1) is 13.8 Å². The van der Waals surface area contributed by atoms with Crippen LogP contribution in [0.1, 0.15) is 21.7 Å². The highest BCUT2D eigenvalue weighted by Gasteiger charge is 2.38. The first-order chi connectivity index (χ1) is 8.21. The lowest BCUT2D eigenvalue weighted by atomic mass is 10.1. The summed E-state index contributed by atoms with van der Waals surface area (Å²) in [5.74, 6) is -0.691. The van der Waals surface area contributed by atoms with Crippen LogP contribution in [0.25, 0.3) is 0 Å². The standard InChI is InChI=1S/C11H13F3N2O2/c1-6-3-4-8(7(2)16-6)10(18)15-5-9(17)11(12,13)14/h3-4,9,17H,5H2,1-2H3,(H,15,18). The van der Waals surface area contributed by atoms with E-state index < -0.39 is 24.7 Å². The van der Waals surface area contributed by atoms with E-state index in [1.807, 2.05) is 5.32 Å². The number of aliphatic hydroxyl groups excluding tert-OH is 1. The lowest BCUT2D eigenvalue weighted by molar-refractivity contribution is -0.201. The zero-order chi connectivity index (χ0) is 13.9. The number of amides is 1. The molecule has 4 nitrogen and oxygen atoms in total. The number of rotatable bonds is 3. The molecule has 0 radical (unpaired) electrons. The predicted molar refractivity (Wildman–Crippen MR) is 58.1 cm³/mol. The van der Waals surface area contributed by atoms with Gasteiger partial charge in [0.2, 0.25) is 0 Å². The molecule has 1 amide bonds. The fourth-order valence-electron chi connectivity index (χ4n) is 1.33. The number of nitrogens with one attached hydrogen (secondary N) is 1. The second-order valence-electron chi connectivity index (χ2n) is 3.85. The molecule has 1 rings (SSSR count). The molecule has 1 heterocycles. The molecule has 1 atom stereocenters. The van der Waals surface area contributed by atoms with Gasteiger partial charge in [0.1, 0.15) is 0 Å². The molecule has 0 saturated heterocycles. The molecule has 0 aliphatic heterocycles. The van der Waals surface area contributed by atoms with Gasteiger partial charge in [0.15, 0.2) is 6.10 Å². The first-order valence-corrected chi connectivity index (χ1v) is 5.19. The molecule has 2 N–H and O–H groups in total. The second kappa shape index (κ2) is 5.34. The number of aliphatic hydroxyl groups is 1. The molecule has 100 valence electrons.